The highest BCUT2D eigenvalue weighted by Gasteiger charge is 2.16. The molecule has 0 amide bonds. The summed E-state index contributed by atoms with van der Waals surface area (Å²) in [6.07, 6.45) is 0. The predicted molar refractivity (Wildman–Crippen MR) is 97.5 cm³/mol. The van der Waals surface area contributed by atoms with Gasteiger partial charge in [-0.3, -0.25) is 4.79 Å². The molecular weight excluding hydrogens is 478 g/mol. The van der Waals surface area contributed by atoms with E-state index in [0.717, 1.165) is 18.3 Å². The summed E-state index contributed by atoms with van der Waals surface area (Å²) in [6, 6.07) is 11.5. The van der Waals surface area contributed by atoms with E-state index in [1.54, 1.807) is 0 Å². The zero-order chi connectivity index (χ0) is 14.7. The van der Waals surface area contributed by atoms with E-state index in [0.29, 0.717) is 24.2 Å². The highest BCUT2D eigenvalue weighted by molar-refractivity contribution is 14.1. The molecule has 0 fully saturated rings. The molecule has 0 aliphatic heterocycles. The van der Waals surface area contributed by atoms with E-state index in [1.165, 1.54) is 0 Å². The van der Waals surface area contributed by atoms with Crippen molar-refractivity contribution in [2.45, 2.75) is 13.1 Å². The number of halogens is 2. The Bertz CT molecular complexity index is 601. The standard InChI is InChI=1S/C15H14I2N2O/c16-13-3-1-9(7-18)5-11(13)15(20)12-6-10(8-19)2-4-14(12)17/h1-6H,7-8,18-19H2. The van der Waals surface area contributed by atoms with Crippen molar-refractivity contribution >= 4 is 51.0 Å². The highest BCUT2D eigenvalue weighted by atomic mass is 127. The molecule has 0 bridgehead atoms. The summed E-state index contributed by atoms with van der Waals surface area (Å²) in [4.78, 5) is 12.7. The van der Waals surface area contributed by atoms with Gasteiger partial charge in [0.25, 0.3) is 0 Å². The Balaban J connectivity index is 2.51. The lowest BCUT2D eigenvalue weighted by Gasteiger charge is -2.09. The maximum atomic E-state index is 12.7. The van der Waals surface area contributed by atoms with Gasteiger partial charge in [0.1, 0.15) is 0 Å². The first-order valence-corrected chi connectivity index (χ1v) is 8.24. The van der Waals surface area contributed by atoms with Crippen molar-refractivity contribution < 1.29 is 4.79 Å². The van der Waals surface area contributed by atoms with Crippen LogP contribution in [0.4, 0.5) is 0 Å². The Kier molecular flexibility index (Phi) is 5.53. The lowest BCUT2D eigenvalue weighted by Crippen LogP contribution is -2.09. The molecule has 0 saturated carbocycles. The molecule has 0 atom stereocenters. The molecule has 2 rings (SSSR count). The monoisotopic (exact) mass is 492 g/mol. The summed E-state index contributed by atoms with van der Waals surface area (Å²) in [5, 5.41) is 0. The minimum absolute atomic E-state index is 0.0180. The summed E-state index contributed by atoms with van der Waals surface area (Å²) in [5.74, 6) is 0.0180. The van der Waals surface area contributed by atoms with Gasteiger partial charge in [0.15, 0.2) is 5.78 Å². The van der Waals surface area contributed by atoms with Crippen molar-refractivity contribution in [1.82, 2.24) is 0 Å². The van der Waals surface area contributed by atoms with Gasteiger partial charge in [-0.1, -0.05) is 12.1 Å². The van der Waals surface area contributed by atoms with Gasteiger partial charge >= 0.3 is 0 Å². The second-order valence-corrected chi connectivity index (χ2v) is 6.69. The van der Waals surface area contributed by atoms with Gasteiger partial charge < -0.3 is 11.5 Å². The topological polar surface area (TPSA) is 69.1 Å². The number of benzene rings is 2. The number of carbonyl (C=O) groups is 1. The fourth-order valence-electron chi connectivity index (χ4n) is 1.89. The third kappa shape index (κ3) is 3.38. The average molecular weight is 492 g/mol. The number of hydrogen-bond donors (Lipinski definition) is 2. The van der Waals surface area contributed by atoms with Gasteiger partial charge in [-0.05, 0) is 80.6 Å². The number of ketones is 1. The fraction of sp³-hybridized carbons (Fsp3) is 0.133. The molecule has 0 aliphatic rings. The minimum atomic E-state index is 0.0180. The first-order chi connectivity index (χ1) is 9.56. The van der Waals surface area contributed by atoms with Crippen molar-refractivity contribution in [3.63, 3.8) is 0 Å². The molecule has 4 N–H and O–H groups in total. The Hall–Kier alpha value is -0.510. The minimum Gasteiger partial charge on any atom is -0.326 e. The van der Waals surface area contributed by atoms with Crippen molar-refractivity contribution in [1.29, 1.82) is 0 Å². The number of nitrogens with two attached hydrogens (primary N) is 2. The summed E-state index contributed by atoms with van der Waals surface area (Å²) in [6.45, 7) is 0.855. The molecule has 5 heteroatoms. The number of carbonyl (C=O) groups excluding carboxylic acids is 1. The van der Waals surface area contributed by atoms with E-state index < -0.39 is 0 Å². The van der Waals surface area contributed by atoms with E-state index in [-0.39, 0.29) is 5.78 Å². The molecule has 0 radical (unpaired) electrons. The molecule has 2 aromatic carbocycles. The van der Waals surface area contributed by atoms with Crippen molar-refractivity contribution in [2.75, 3.05) is 0 Å². The Morgan fingerprint density at radius 3 is 1.60 bits per heavy atom. The molecule has 0 spiro atoms. The van der Waals surface area contributed by atoms with Crippen LogP contribution in [-0.2, 0) is 13.1 Å². The van der Waals surface area contributed by atoms with Crippen LogP contribution in [0.2, 0.25) is 0 Å². The molecule has 0 unspecified atom stereocenters. The van der Waals surface area contributed by atoms with Crippen LogP contribution < -0.4 is 11.5 Å². The second-order valence-electron chi connectivity index (χ2n) is 4.37. The van der Waals surface area contributed by atoms with Crippen LogP contribution in [0.3, 0.4) is 0 Å². The second kappa shape index (κ2) is 6.97. The molecule has 0 heterocycles. The molecular formula is C15H14I2N2O. The predicted octanol–water partition coefficient (Wildman–Crippen LogP) is 3.04. The molecule has 2 aromatic rings. The van der Waals surface area contributed by atoms with Crippen LogP contribution in [0.15, 0.2) is 36.4 Å². The first kappa shape index (κ1) is 15.9. The van der Waals surface area contributed by atoms with Crippen molar-refractivity contribution in [3.05, 3.63) is 65.8 Å². The third-order valence-corrected chi connectivity index (χ3v) is 4.90. The Morgan fingerprint density at radius 1 is 0.850 bits per heavy atom. The summed E-state index contributed by atoms with van der Waals surface area (Å²) in [7, 11) is 0. The molecule has 104 valence electrons. The van der Waals surface area contributed by atoms with E-state index in [4.69, 9.17) is 11.5 Å². The van der Waals surface area contributed by atoms with Gasteiger partial charge in [0, 0.05) is 31.4 Å². The first-order valence-electron chi connectivity index (χ1n) is 6.08. The lowest BCUT2D eigenvalue weighted by molar-refractivity contribution is 0.103. The zero-order valence-corrected chi connectivity index (χ0v) is 15.0. The van der Waals surface area contributed by atoms with Gasteiger partial charge in [-0.25, -0.2) is 0 Å². The third-order valence-electron chi connectivity index (χ3n) is 3.02. The molecule has 0 aromatic heterocycles. The average Bonchev–Trinajstić information content (AvgIpc) is 2.47. The van der Waals surface area contributed by atoms with Gasteiger partial charge in [0.05, 0.1) is 0 Å². The fourth-order valence-corrected chi connectivity index (χ4v) is 3.05. The molecule has 0 aliphatic carbocycles. The number of rotatable bonds is 4. The molecule has 0 saturated heterocycles. The normalized spacial score (nSPS) is 10.6. The van der Waals surface area contributed by atoms with E-state index in [9.17, 15) is 4.79 Å². The number of hydrogen-bond acceptors (Lipinski definition) is 3. The van der Waals surface area contributed by atoms with Crippen LogP contribution in [-0.4, -0.2) is 5.78 Å². The van der Waals surface area contributed by atoms with Crippen LogP contribution in [0, 0.1) is 7.14 Å². The van der Waals surface area contributed by atoms with Crippen LogP contribution in [0.25, 0.3) is 0 Å². The highest BCUT2D eigenvalue weighted by Crippen LogP contribution is 2.22. The Morgan fingerprint density at radius 2 is 1.25 bits per heavy atom. The quantitative estimate of drug-likeness (QED) is 0.510. The van der Waals surface area contributed by atoms with Crippen LogP contribution >= 0.6 is 45.2 Å². The SMILES string of the molecule is NCc1ccc(I)c(C(=O)c2cc(CN)ccc2I)c1. The van der Waals surface area contributed by atoms with E-state index in [1.807, 2.05) is 36.4 Å². The maximum absolute atomic E-state index is 12.7. The van der Waals surface area contributed by atoms with Crippen LogP contribution in [0.5, 0.6) is 0 Å². The van der Waals surface area contributed by atoms with Gasteiger partial charge in [0.2, 0.25) is 0 Å². The Labute approximate surface area is 145 Å². The van der Waals surface area contributed by atoms with E-state index in [2.05, 4.69) is 45.2 Å². The maximum Gasteiger partial charge on any atom is 0.195 e. The molecule has 20 heavy (non-hydrogen) atoms. The smallest absolute Gasteiger partial charge is 0.195 e. The van der Waals surface area contributed by atoms with E-state index >= 15 is 0 Å². The lowest BCUT2D eigenvalue weighted by atomic mass is 10.00. The van der Waals surface area contributed by atoms with Crippen molar-refractivity contribution in [2.24, 2.45) is 11.5 Å². The molecule has 3 nitrogen and oxygen atoms in total. The summed E-state index contributed by atoms with van der Waals surface area (Å²) >= 11 is 4.35. The summed E-state index contributed by atoms with van der Waals surface area (Å²) in [5.41, 5.74) is 14.6. The van der Waals surface area contributed by atoms with Crippen molar-refractivity contribution in [3.8, 4) is 0 Å². The van der Waals surface area contributed by atoms with Gasteiger partial charge in [-0.2, -0.15) is 0 Å². The summed E-state index contributed by atoms with van der Waals surface area (Å²) < 4.78 is 1.86. The van der Waals surface area contributed by atoms with Crippen LogP contribution in [0.1, 0.15) is 27.0 Å². The zero-order valence-electron chi connectivity index (χ0n) is 10.7. The largest absolute Gasteiger partial charge is 0.326 e. The van der Waals surface area contributed by atoms with Gasteiger partial charge in [-0.15, -0.1) is 0 Å².